The molecule has 0 aliphatic heterocycles. The van der Waals surface area contributed by atoms with Gasteiger partial charge >= 0.3 is 5.76 Å². The summed E-state index contributed by atoms with van der Waals surface area (Å²) >= 11 is 0. The molecule has 30 nitrogen and oxygen atoms in total. The maximum Gasteiger partial charge on any atom is 0.419 e. The van der Waals surface area contributed by atoms with Crippen molar-refractivity contribution in [2.45, 2.75) is 60.7 Å². The molecule has 656 valence electrons. The van der Waals surface area contributed by atoms with Crippen LogP contribution in [0.15, 0.2) is 222 Å². The van der Waals surface area contributed by atoms with E-state index in [-0.39, 0.29) is 17.2 Å². The van der Waals surface area contributed by atoms with Crippen LogP contribution in [-0.4, -0.2) is 111 Å². The average Bonchev–Trinajstić information content (AvgIpc) is 1.61. The van der Waals surface area contributed by atoms with Crippen molar-refractivity contribution >= 4 is 130 Å². The number of hydrogen-bond acceptors (Lipinski definition) is 20. The van der Waals surface area contributed by atoms with Gasteiger partial charge in [0.1, 0.15) is 64.4 Å². The van der Waals surface area contributed by atoms with Gasteiger partial charge in [0.2, 0.25) is 30.1 Å². The van der Waals surface area contributed by atoms with Gasteiger partial charge in [-0.2, -0.15) is 21.0 Å². The third-order valence-electron chi connectivity index (χ3n) is 21.5. The molecule has 0 aliphatic rings. The van der Waals surface area contributed by atoms with Gasteiger partial charge in [-0.05, 0) is 184 Å². The Balaban J connectivity index is 0.000000145. The first-order valence-corrected chi connectivity index (χ1v) is 45.5. The van der Waals surface area contributed by atoms with Crippen molar-refractivity contribution < 1.29 is 58.3 Å². The summed E-state index contributed by atoms with van der Waals surface area (Å²) in [5.74, 6) is 4.03. The maximum absolute atomic E-state index is 11.8. The van der Waals surface area contributed by atoms with E-state index in [1.165, 1.54) is 16.7 Å². The van der Waals surface area contributed by atoms with Crippen molar-refractivity contribution in [1.29, 1.82) is 21.0 Å². The van der Waals surface area contributed by atoms with E-state index < -0.39 is 40.7 Å². The molecule has 6 heterocycles. The van der Waals surface area contributed by atoms with Gasteiger partial charge in [-0.25, -0.2) is 30.0 Å². The highest BCUT2D eigenvalue weighted by molar-refractivity contribution is 7.93. The first kappa shape index (κ1) is 91.8. The van der Waals surface area contributed by atoms with E-state index in [4.69, 9.17) is 28.1 Å². The van der Waals surface area contributed by atoms with E-state index in [2.05, 4.69) is 78.0 Å². The number of hydrogen-bond donors (Lipinski definition) is 4. The largest absolute Gasteiger partial charge is 0.497 e. The molecule has 0 radical (unpaired) electrons. The number of aryl methyl sites for hydroxylation is 6. The number of oxazole rings is 1. The minimum absolute atomic E-state index is 0.000173. The Hall–Kier alpha value is -15.4. The van der Waals surface area contributed by atoms with E-state index in [1.807, 2.05) is 157 Å². The second kappa shape index (κ2) is 39.2. The van der Waals surface area contributed by atoms with Crippen LogP contribution in [-0.2, 0) is 70.8 Å². The van der Waals surface area contributed by atoms with Crippen LogP contribution in [0.25, 0.3) is 111 Å². The van der Waals surface area contributed by atoms with E-state index in [0.29, 0.717) is 74.7 Å². The fraction of sp³-hybridized carbons (Fsp3) is 0.211. The number of aromatic nitrogens is 6. The quantitative estimate of drug-likeness (QED) is 0.0322. The molecular weight excluding hydrogens is 1690 g/mol. The summed E-state index contributed by atoms with van der Waals surface area (Å²) in [7, 11) is 3.64. The molecule has 10 aromatic carbocycles. The number of fused-ring (bicyclic) bond motifs is 6. The zero-order valence-electron chi connectivity index (χ0n) is 72.7. The summed E-state index contributed by atoms with van der Waals surface area (Å²) in [4.78, 5) is 22.4. The molecule has 0 unspecified atom stereocenters. The average molecular weight is 1780 g/mol. The zero-order chi connectivity index (χ0) is 92.2. The maximum atomic E-state index is 11.8. The summed E-state index contributed by atoms with van der Waals surface area (Å²) in [6.45, 7) is 11.5. The highest BCUT2D eigenvalue weighted by atomic mass is 32.2. The highest BCUT2D eigenvalue weighted by Crippen LogP contribution is 2.41. The van der Waals surface area contributed by atoms with Gasteiger partial charge in [0, 0.05) is 138 Å². The fourth-order valence-corrected chi connectivity index (χ4v) is 17.0. The van der Waals surface area contributed by atoms with Gasteiger partial charge < -0.3 is 56.3 Å². The SMILES string of the molecule is CCCn1c(-c2ccc(NS(=O)(=O)CC)cc2)cc2ccc(OC)cc21.CCS(=O)(=O)Nc1ccc(-c2c(C#N)c3ccc(OC)cc3n2C)cc1.CCn1c(-c2ccc3c(c2)oc(=O)n3C)c(C#N)c2ccc(OC)cc21.CCn1c(Nc2ccc(OC)cc2)c(C#N)c2ccc([N+](=O)[O-])cc21.COc1ccc2c(C#N)c(-c3ccc(NS(C)(=O)=O)cc3)n(C)c2c1. The van der Waals surface area contributed by atoms with E-state index in [0.717, 1.165) is 148 Å². The molecule has 16 aromatic rings. The Morgan fingerprint density at radius 2 is 0.805 bits per heavy atom. The standard InChI is InChI=1S/C20H17N3O3.C20H24N2O3S.C19H19N3O3S.C18H16N4O3.C18H17N3O3S/c1-4-23-17-10-13(25-3)6-7-14(17)15(11-21)19(23)12-5-8-16-18(9-12)26-20(24)22(16)2;1-4-12-22-19(13-16-8-11-18(25-3)14-20(16)22)15-6-9-17(10-7-15)21-26(23,24)5-2;1-4-26(23,24)21-14-7-5-13(6-8-14)19-17(12-20)16-10-9-15(25-3)11-18(16)22(19)2;1-3-21-17-10-13(22(23)24)6-9-15(17)16(11-19)18(21)20-12-4-7-14(25-2)8-5-12;1-21-17-10-14(24-2)8-9-15(17)16(11-19)18(21)12-4-6-13(7-5-12)20-25(3,22)23/h5-10H,4H2,1-3H3;6-11,13-14,21H,4-5,12H2,1-3H3;5-11,21H,4H2,1-3H3;4-10,20H,3H2,1-2H3;4-10,20H,1-3H3. The van der Waals surface area contributed by atoms with Gasteiger partial charge in [0.05, 0.1) is 125 Å². The van der Waals surface area contributed by atoms with Crippen molar-refractivity contribution in [2.24, 2.45) is 21.1 Å². The van der Waals surface area contributed by atoms with Crippen molar-refractivity contribution in [3.63, 3.8) is 0 Å². The number of nitrogens with one attached hydrogen (secondary N) is 4. The molecule has 16 rings (SSSR count). The van der Waals surface area contributed by atoms with Crippen LogP contribution < -0.4 is 48.9 Å². The molecule has 0 aliphatic carbocycles. The molecule has 128 heavy (non-hydrogen) atoms. The predicted molar refractivity (Wildman–Crippen MR) is 503 cm³/mol. The van der Waals surface area contributed by atoms with Crippen molar-refractivity contribution in [2.75, 3.05) is 72.8 Å². The number of rotatable bonds is 24. The van der Waals surface area contributed by atoms with Crippen LogP contribution >= 0.6 is 0 Å². The van der Waals surface area contributed by atoms with Gasteiger partial charge in [-0.15, -0.1) is 0 Å². The minimum atomic E-state index is -3.33. The van der Waals surface area contributed by atoms with Gasteiger partial charge in [0.25, 0.3) is 5.69 Å². The lowest BCUT2D eigenvalue weighted by Crippen LogP contribution is -2.14. The van der Waals surface area contributed by atoms with Gasteiger partial charge in [0.15, 0.2) is 5.58 Å². The number of nitro groups is 1. The number of nitrogens with zero attached hydrogens (tertiary/aromatic N) is 11. The normalized spacial score (nSPS) is 11.2. The van der Waals surface area contributed by atoms with Crippen LogP contribution in [0.3, 0.4) is 0 Å². The molecule has 4 N–H and O–H groups in total. The van der Waals surface area contributed by atoms with Crippen molar-refractivity contribution in [1.82, 2.24) is 27.4 Å². The second-order valence-electron chi connectivity index (χ2n) is 29.2. The lowest BCUT2D eigenvalue weighted by atomic mass is 10.1. The van der Waals surface area contributed by atoms with E-state index in [9.17, 15) is 61.2 Å². The fourth-order valence-electron chi connectivity index (χ4n) is 15.2. The number of anilines is 5. The summed E-state index contributed by atoms with van der Waals surface area (Å²) < 4.78 is 120. The smallest absolute Gasteiger partial charge is 0.419 e. The molecule has 6 aromatic heterocycles. The molecule has 0 saturated carbocycles. The Labute approximate surface area is 740 Å². The number of sulfonamides is 3. The third kappa shape index (κ3) is 19.6. The van der Waals surface area contributed by atoms with Crippen LogP contribution in [0, 0.1) is 55.4 Å². The summed E-state index contributed by atoms with van der Waals surface area (Å²) in [5.41, 5.74) is 17.3. The van der Waals surface area contributed by atoms with Crippen LogP contribution in [0.2, 0.25) is 0 Å². The first-order chi connectivity index (χ1) is 61.4. The third-order valence-corrected chi connectivity index (χ3v) is 24.7. The summed E-state index contributed by atoms with van der Waals surface area (Å²) in [6.07, 6.45) is 2.12. The van der Waals surface area contributed by atoms with Crippen LogP contribution in [0.4, 0.5) is 34.3 Å². The number of methoxy groups -OCH3 is 5. The van der Waals surface area contributed by atoms with Crippen molar-refractivity contribution in [3.8, 4) is 98.1 Å². The minimum Gasteiger partial charge on any atom is -0.497 e. The lowest BCUT2D eigenvalue weighted by molar-refractivity contribution is -0.384. The predicted octanol–water partition coefficient (Wildman–Crippen LogP) is 18.9. The number of non-ortho nitro benzene ring substituents is 1. The molecule has 0 saturated heterocycles. The topological polar surface area (TPSA) is 395 Å². The second-order valence-corrected chi connectivity index (χ2v) is 35.0. The molecule has 0 spiro atoms. The molecular formula is C95H93N15O15S3. The number of ether oxygens (including phenoxy) is 5. The number of nitro benzene ring substituents is 1. The number of nitriles is 4. The van der Waals surface area contributed by atoms with Gasteiger partial charge in [-0.3, -0.25) is 28.8 Å². The lowest BCUT2D eigenvalue weighted by Gasteiger charge is -2.11. The Morgan fingerprint density at radius 1 is 0.406 bits per heavy atom. The molecule has 0 bridgehead atoms. The Kier molecular flexibility index (Phi) is 28.1. The molecule has 0 amide bonds. The van der Waals surface area contributed by atoms with Gasteiger partial charge in [-0.1, -0.05) is 49.4 Å². The number of benzene rings is 10. The Morgan fingerprint density at radius 3 is 1.25 bits per heavy atom. The summed E-state index contributed by atoms with van der Waals surface area (Å²) in [5, 5.41) is 57.4. The summed E-state index contributed by atoms with van der Waals surface area (Å²) in [6, 6.07) is 73.1. The first-order valence-electron chi connectivity index (χ1n) is 40.3. The van der Waals surface area contributed by atoms with E-state index in [1.54, 1.807) is 123 Å². The van der Waals surface area contributed by atoms with E-state index >= 15 is 0 Å². The van der Waals surface area contributed by atoms with Crippen LogP contribution in [0.5, 0.6) is 28.7 Å². The monoisotopic (exact) mass is 1780 g/mol. The molecule has 33 heteroatoms. The zero-order valence-corrected chi connectivity index (χ0v) is 75.2. The van der Waals surface area contributed by atoms with Crippen LogP contribution in [0.1, 0.15) is 63.3 Å². The molecule has 0 fully saturated rings. The van der Waals surface area contributed by atoms with Crippen molar-refractivity contribution in [3.05, 3.63) is 255 Å². The highest BCUT2D eigenvalue weighted by Gasteiger charge is 2.25. The Bertz CT molecular complexity index is 7510. The molecule has 0 atom stereocenters.